The van der Waals surface area contributed by atoms with Gasteiger partial charge in [0.1, 0.15) is 11.6 Å². The molecular weight excluding hydrogens is 443 g/mol. The van der Waals surface area contributed by atoms with Crippen molar-refractivity contribution >= 4 is 11.6 Å². The number of pyridine rings is 2. The third-order valence-electron chi connectivity index (χ3n) is 7.47. The monoisotopic (exact) mass is 471 g/mol. The van der Waals surface area contributed by atoms with Gasteiger partial charge in [-0.3, -0.25) is 4.90 Å². The highest BCUT2D eigenvalue weighted by Gasteiger charge is 2.48. The van der Waals surface area contributed by atoms with Gasteiger partial charge in [0.25, 0.3) is 0 Å². The maximum absolute atomic E-state index is 13.7. The minimum absolute atomic E-state index is 0.149. The van der Waals surface area contributed by atoms with E-state index in [9.17, 15) is 18.4 Å². The molecule has 0 spiro atoms. The molecule has 0 radical (unpaired) electrons. The van der Waals surface area contributed by atoms with Crippen molar-refractivity contribution < 1.29 is 17.9 Å². The molecule has 1 aliphatic carbocycles. The summed E-state index contributed by atoms with van der Waals surface area (Å²) in [7, 11) is 0. The van der Waals surface area contributed by atoms with E-state index in [2.05, 4.69) is 26.3 Å². The largest absolute Gasteiger partial charge is 0.392 e. The number of halogens is 3. The van der Waals surface area contributed by atoms with Crippen LogP contribution in [-0.4, -0.2) is 53.4 Å². The first-order valence-corrected chi connectivity index (χ1v) is 11.9. The first kappa shape index (κ1) is 23.1. The van der Waals surface area contributed by atoms with Gasteiger partial charge in [0.15, 0.2) is 0 Å². The van der Waals surface area contributed by atoms with Crippen LogP contribution in [0.25, 0.3) is 0 Å². The maximum atomic E-state index is 13.7. The fraction of sp³-hybridized carbons (Fsp3) is 0.560. The van der Waals surface area contributed by atoms with E-state index in [1.165, 1.54) is 6.20 Å². The Morgan fingerprint density at radius 1 is 1.06 bits per heavy atom. The van der Waals surface area contributed by atoms with E-state index in [1.807, 2.05) is 12.1 Å². The van der Waals surface area contributed by atoms with Gasteiger partial charge in [-0.1, -0.05) is 6.42 Å². The second-order valence-electron chi connectivity index (χ2n) is 9.56. The van der Waals surface area contributed by atoms with E-state index in [1.54, 1.807) is 12.1 Å². The van der Waals surface area contributed by atoms with E-state index in [-0.39, 0.29) is 12.3 Å². The third-order valence-corrected chi connectivity index (χ3v) is 7.47. The summed E-state index contributed by atoms with van der Waals surface area (Å²) in [5.74, 6) is -0.788. The van der Waals surface area contributed by atoms with Gasteiger partial charge in [-0.05, 0) is 74.5 Å². The van der Waals surface area contributed by atoms with E-state index >= 15 is 0 Å². The second kappa shape index (κ2) is 9.51. The lowest BCUT2D eigenvalue weighted by Gasteiger charge is -2.41. The highest BCUT2D eigenvalue weighted by atomic mass is 19.4. The number of nitrogens with one attached hydrogen (secondary N) is 1. The van der Waals surface area contributed by atoms with Crippen molar-refractivity contribution in [2.75, 3.05) is 31.6 Å². The topological polar surface area (TPSA) is 74.1 Å². The van der Waals surface area contributed by atoms with Gasteiger partial charge in [0.05, 0.1) is 36.8 Å². The number of piperidine rings is 1. The van der Waals surface area contributed by atoms with Crippen molar-refractivity contribution in [2.45, 2.75) is 56.2 Å². The Morgan fingerprint density at radius 3 is 2.53 bits per heavy atom. The SMILES string of the molecule is N#Cc1ccnc(Nc2cc(C3CCN(C4COC4)CC3)cc(C3CCCC3C(F)(F)F)n2)c1. The number of ether oxygens (including phenoxy) is 1. The minimum atomic E-state index is -4.23. The average Bonchev–Trinajstić information content (AvgIpc) is 3.29. The molecule has 9 heteroatoms. The van der Waals surface area contributed by atoms with Crippen molar-refractivity contribution in [3.05, 3.63) is 47.3 Å². The van der Waals surface area contributed by atoms with Gasteiger partial charge in [-0.2, -0.15) is 18.4 Å². The van der Waals surface area contributed by atoms with E-state index in [4.69, 9.17) is 4.74 Å². The van der Waals surface area contributed by atoms with Crippen LogP contribution in [0.15, 0.2) is 30.5 Å². The summed E-state index contributed by atoms with van der Waals surface area (Å²) in [6, 6.07) is 9.64. The molecule has 2 unspecified atom stereocenters. The van der Waals surface area contributed by atoms with E-state index in [0.717, 1.165) is 44.7 Å². The third kappa shape index (κ3) is 4.89. The quantitative estimate of drug-likeness (QED) is 0.653. The number of hydrogen-bond acceptors (Lipinski definition) is 6. The van der Waals surface area contributed by atoms with Crippen molar-refractivity contribution in [1.29, 1.82) is 5.26 Å². The summed E-state index contributed by atoms with van der Waals surface area (Å²) in [4.78, 5) is 11.3. The van der Waals surface area contributed by atoms with Gasteiger partial charge in [-0.15, -0.1) is 0 Å². The first-order valence-electron chi connectivity index (χ1n) is 11.9. The lowest BCUT2D eigenvalue weighted by Crippen LogP contribution is -2.51. The van der Waals surface area contributed by atoms with Gasteiger partial charge >= 0.3 is 6.18 Å². The van der Waals surface area contributed by atoms with Gasteiger partial charge in [-0.25, -0.2) is 9.97 Å². The van der Waals surface area contributed by atoms with Crippen molar-refractivity contribution in [1.82, 2.24) is 14.9 Å². The number of anilines is 2. The molecule has 1 saturated carbocycles. The molecule has 3 fully saturated rings. The predicted molar refractivity (Wildman–Crippen MR) is 121 cm³/mol. The molecule has 0 bridgehead atoms. The minimum Gasteiger partial charge on any atom is -0.378 e. The van der Waals surface area contributed by atoms with Gasteiger partial charge in [0.2, 0.25) is 0 Å². The molecule has 1 N–H and O–H groups in total. The van der Waals surface area contributed by atoms with Crippen molar-refractivity contribution in [2.24, 2.45) is 5.92 Å². The van der Waals surface area contributed by atoms with Crippen LogP contribution in [0.2, 0.25) is 0 Å². The zero-order valence-electron chi connectivity index (χ0n) is 18.9. The molecule has 0 amide bonds. The Hall–Kier alpha value is -2.70. The molecule has 34 heavy (non-hydrogen) atoms. The Morgan fingerprint density at radius 2 is 1.85 bits per heavy atom. The molecule has 2 atom stereocenters. The number of nitrogens with zero attached hydrogens (tertiary/aromatic N) is 4. The summed E-state index contributed by atoms with van der Waals surface area (Å²) in [6.45, 7) is 3.49. The predicted octanol–water partition coefficient (Wildman–Crippen LogP) is 5.12. The van der Waals surface area contributed by atoms with E-state index in [0.29, 0.717) is 41.8 Å². The Bertz CT molecular complexity index is 1060. The Balaban J connectivity index is 1.43. The molecule has 2 aromatic heterocycles. The summed E-state index contributed by atoms with van der Waals surface area (Å²) in [5, 5.41) is 12.3. The Labute approximate surface area is 197 Å². The lowest BCUT2D eigenvalue weighted by molar-refractivity contribution is -0.176. The molecule has 2 aliphatic heterocycles. The Kier molecular flexibility index (Phi) is 6.45. The fourth-order valence-electron chi connectivity index (χ4n) is 5.50. The van der Waals surface area contributed by atoms with Crippen molar-refractivity contribution in [3.8, 4) is 6.07 Å². The van der Waals surface area contributed by atoms with Crippen LogP contribution in [0, 0.1) is 17.2 Å². The van der Waals surface area contributed by atoms with Crippen LogP contribution in [0.5, 0.6) is 0 Å². The molecule has 5 rings (SSSR count). The van der Waals surface area contributed by atoms with Crippen LogP contribution < -0.4 is 5.32 Å². The van der Waals surface area contributed by atoms with Crippen LogP contribution in [-0.2, 0) is 4.74 Å². The molecule has 3 aliphatic rings. The summed E-state index contributed by atoms with van der Waals surface area (Å²) < 4.78 is 46.5. The molecule has 0 aromatic carbocycles. The maximum Gasteiger partial charge on any atom is 0.392 e. The van der Waals surface area contributed by atoms with Crippen LogP contribution in [0.3, 0.4) is 0 Å². The number of rotatable bonds is 5. The first-order chi connectivity index (χ1) is 16.4. The number of aromatic nitrogens is 2. The standard InChI is InChI=1S/C25H28F3N5O/c26-25(27,28)21-3-1-2-20(21)22-11-18(17-5-8-33(9-6-17)19-14-34-15-19)12-24(31-22)32-23-10-16(13-29)4-7-30-23/h4,7,10-12,17,19-21H,1-3,5-6,8-9,14-15H2,(H,30,31,32). The van der Waals surface area contributed by atoms with Crippen molar-refractivity contribution in [3.63, 3.8) is 0 Å². The number of hydrogen-bond donors (Lipinski definition) is 1. The molecule has 4 heterocycles. The number of alkyl halides is 3. The normalized spacial score (nSPS) is 24.5. The van der Waals surface area contributed by atoms with Crippen LogP contribution in [0.1, 0.15) is 60.8 Å². The summed E-state index contributed by atoms with van der Waals surface area (Å²) in [6.07, 6.45) is 0.396. The summed E-state index contributed by atoms with van der Waals surface area (Å²) in [5.41, 5.74) is 1.99. The smallest absolute Gasteiger partial charge is 0.378 e. The highest BCUT2D eigenvalue weighted by Crippen LogP contribution is 2.48. The van der Waals surface area contributed by atoms with Crippen LogP contribution >= 0.6 is 0 Å². The summed E-state index contributed by atoms with van der Waals surface area (Å²) >= 11 is 0. The highest BCUT2D eigenvalue weighted by molar-refractivity contribution is 5.55. The zero-order chi connectivity index (χ0) is 23.7. The molecule has 2 aromatic rings. The lowest BCUT2D eigenvalue weighted by atomic mass is 9.86. The number of nitriles is 1. The molecular formula is C25H28F3N5O. The zero-order valence-corrected chi connectivity index (χ0v) is 18.9. The van der Waals surface area contributed by atoms with E-state index < -0.39 is 18.0 Å². The fourth-order valence-corrected chi connectivity index (χ4v) is 5.50. The molecule has 6 nitrogen and oxygen atoms in total. The molecule has 2 saturated heterocycles. The second-order valence-corrected chi connectivity index (χ2v) is 9.56. The average molecular weight is 472 g/mol. The van der Waals surface area contributed by atoms with Crippen LogP contribution in [0.4, 0.5) is 24.8 Å². The molecule has 180 valence electrons. The van der Waals surface area contributed by atoms with Gasteiger partial charge in [0, 0.05) is 17.8 Å². The van der Waals surface area contributed by atoms with Gasteiger partial charge < -0.3 is 10.1 Å². The number of likely N-dealkylation sites (tertiary alicyclic amines) is 1.